The van der Waals surface area contributed by atoms with Gasteiger partial charge in [0, 0.05) is 18.7 Å². The second kappa shape index (κ2) is 8.88. The zero-order valence-corrected chi connectivity index (χ0v) is 16.3. The minimum absolute atomic E-state index is 0.185. The maximum absolute atomic E-state index is 12.0. The Kier molecular flexibility index (Phi) is 7.46. The first kappa shape index (κ1) is 21.0. The van der Waals surface area contributed by atoms with Crippen LogP contribution in [-0.2, 0) is 14.3 Å². The van der Waals surface area contributed by atoms with Crippen molar-refractivity contribution in [1.29, 1.82) is 0 Å². The Morgan fingerprint density at radius 1 is 1.04 bits per heavy atom. The molecule has 0 bridgehead atoms. The lowest BCUT2D eigenvalue weighted by molar-refractivity contribution is -0.154. The number of benzene rings is 1. The Labute approximate surface area is 151 Å². The number of carbonyl (C=O) groups is 2. The minimum atomic E-state index is -0.488. The van der Waals surface area contributed by atoms with E-state index < -0.39 is 11.0 Å². The average Bonchev–Trinajstić information content (AvgIpc) is 2.51. The second-order valence-electron chi connectivity index (χ2n) is 7.77. The molecule has 1 aromatic rings. The Hall–Kier alpha value is -2.04. The van der Waals surface area contributed by atoms with E-state index in [1.807, 2.05) is 53.7 Å². The predicted octanol–water partition coefficient (Wildman–Crippen LogP) is 4.56. The van der Waals surface area contributed by atoms with E-state index in [2.05, 4.69) is 5.32 Å². The van der Waals surface area contributed by atoms with Crippen molar-refractivity contribution in [1.82, 2.24) is 0 Å². The molecule has 0 heterocycles. The molecule has 0 aliphatic heterocycles. The van der Waals surface area contributed by atoms with E-state index in [1.165, 1.54) is 0 Å². The van der Waals surface area contributed by atoms with Crippen LogP contribution in [0.5, 0.6) is 5.75 Å². The molecule has 1 rings (SSSR count). The number of nitrogens with one attached hydrogen (secondary N) is 1. The summed E-state index contributed by atoms with van der Waals surface area (Å²) in [6.45, 7) is 12.0. The Morgan fingerprint density at radius 2 is 1.64 bits per heavy atom. The molecule has 5 heteroatoms. The van der Waals surface area contributed by atoms with E-state index in [0.29, 0.717) is 25.1 Å². The molecule has 1 aromatic carbocycles. The SMILES string of the molecule is CCC(C)(C)C(=O)Oc1ccc(NCCCC(=O)OC(C)(C)C)cc1. The highest BCUT2D eigenvalue weighted by atomic mass is 16.6. The number of carbonyl (C=O) groups excluding carboxylic acids is 2. The molecular formula is C20H31NO4. The van der Waals surface area contributed by atoms with Gasteiger partial charge in [0.2, 0.25) is 0 Å². The third kappa shape index (κ3) is 8.05. The van der Waals surface area contributed by atoms with Gasteiger partial charge in [-0.15, -0.1) is 0 Å². The highest BCUT2D eigenvalue weighted by molar-refractivity contribution is 5.78. The Balaban J connectivity index is 2.38. The van der Waals surface area contributed by atoms with Crippen LogP contribution in [0.25, 0.3) is 0 Å². The molecule has 0 atom stereocenters. The zero-order valence-electron chi connectivity index (χ0n) is 16.3. The van der Waals surface area contributed by atoms with Crippen LogP contribution in [0.4, 0.5) is 5.69 Å². The quantitative estimate of drug-likeness (QED) is 0.423. The highest BCUT2D eigenvalue weighted by Gasteiger charge is 2.27. The maximum Gasteiger partial charge on any atom is 0.316 e. The molecule has 0 radical (unpaired) electrons. The first-order valence-electron chi connectivity index (χ1n) is 8.81. The van der Waals surface area contributed by atoms with Crippen LogP contribution in [-0.4, -0.2) is 24.1 Å². The van der Waals surface area contributed by atoms with Crippen molar-refractivity contribution in [2.45, 2.75) is 66.4 Å². The molecule has 5 nitrogen and oxygen atoms in total. The number of hydrogen-bond acceptors (Lipinski definition) is 5. The van der Waals surface area contributed by atoms with E-state index in [9.17, 15) is 9.59 Å². The first-order valence-corrected chi connectivity index (χ1v) is 8.81. The zero-order chi connectivity index (χ0) is 19.1. The van der Waals surface area contributed by atoms with Crippen molar-refractivity contribution in [3.63, 3.8) is 0 Å². The molecule has 1 N–H and O–H groups in total. The molecule has 0 aliphatic rings. The summed E-state index contributed by atoms with van der Waals surface area (Å²) in [7, 11) is 0. The van der Waals surface area contributed by atoms with Crippen LogP contribution < -0.4 is 10.1 Å². The predicted molar refractivity (Wildman–Crippen MR) is 99.7 cm³/mol. The summed E-state index contributed by atoms with van der Waals surface area (Å²) < 4.78 is 10.7. The molecule has 0 saturated carbocycles. The summed E-state index contributed by atoms with van der Waals surface area (Å²) in [5.74, 6) is 0.119. The van der Waals surface area contributed by atoms with Crippen LogP contribution in [0, 0.1) is 5.41 Å². The monoisotopic (exact) mass is 349 g/mol. The van der Waals surface area contributed by atoms with Crippen molar-refractivity contribution in [2.75, 3.05) is 11.9 Å². The fourth-order valence-electron chi connectivity index (χ4n) is 1.89. The van der Waals surface area contributed by atoms with Crippen molar-refractivity contribution in [3.8, 4) is 5.75 Å². The van der Waals surface area contributed by atoms with E-state index >= 15 is 0 Å². The molecule has 0 unspecified atom stereocenters. The minimum Gasteiger partial charge on any atom is -0.460 e. The third-order valence-corrected chi connectivity index (χ3v) is 3.81. The van der Waals surface area contributed by atoms with E-state index in [-0.39, 0.29) is 11.9 Å². The molecular weight excluding hydrogens is 318 g/mol. The average molecular weight is 349 g/mol. The summed E-state index contributed by atoms with van der Waals surface area (Å²) in [5.41, 5.74) is -0.0124. The van der Waals surface area contributed by atoms with Gasteiger partial charge in [0.1, 0.15) is 11.4 Å². The van der Waals surface area contributed by atoms with Crippen LogP contribution in [0.3, 0.4) is 0 Å². The molecule has 0 amide bonds. The molecule has 0 fully saturated rings. The Bertz CT molecular complexity index is 570. The lowest BCUT2D eigenvalue weighted by Crippen LogP contribution is -2.28. The van der Waals surface area contributed by atoms with E-state index in [4.69, 9.17) is 9.47 Å². The fourth-order valence-corrected chi connectivity index (χ4v) is 1.89. The lowest BCUT2D eigenvalue weighted by atomic mass is 9.91. The van der Waals surface area contributed by atoms with Gasteiger partial charge in [0.15, 0.2) is 0 Å². The van der Waals surface area contributed by atoms with Gasteiger partial charge in [0.25, 0.3) is 0 Å². The first-order chi connectivity index (χ1) is 11.5. The topological polar surface area (TPSA) is 64.6 Å². The van der Waals surface area contributed by atoms with Crippen molar-refractivity contribution >= 4 is 17.6 Å². The second-order valence-corrected chi connectivity index (χ2v) is 7.77. The summed E-state index contributed by atoms with van der Waals surface area (Å²) in [5, 5.41) is 3.24. The van der Waals surface area contributed by atoms with Gasteiger partial charge in [-0.2, -0.15) is 0 Å². The number of ether oxygens (including phenoxy) is 2. The normalized spacial score (nSPS) is 11.8. The van der Waals surface area contributed by atoms with Crippen molar-refractivity contribution in [2.24, 2.45) is 5.41 Å². The summed E-state index contributed by atoms with van der Waals surface area (Å²) in [6.07, 6.45) is 1.80. The number of rotatable bonds is 8. The van der Waals surface area contributed by atoms with Gasteiger partial charge in [-0.3, -0.25) is 9.59 Å². The van der Waals surface area contributed by atoms with E-state index in [1.54, 1.807) is 12.1 Å². The van der Waals surface area contributed by atoms with Crippen LogP contribution in [0.2, 0.25) is 0 Å². The largest absolute Gasteiger partial charge is 0.460 e. The third-order valence-electron chi connectivity index (χ3n) is 3.81. The summed E-state index contributed by atoms with van der Waals surface area (Å²) in [4.78, 5) is 23.7. The smallest absolute Gasteiger partial charge is 0.316 e. The van der Waals surface area contributed by atoms with Gasteiger partial charge in [-0.1, -0.05) is 6.92 Å². The number of esters is 2. The van der Waals surface area contributed by atoms with Crippen LogP contribution >= 0.6 is 0 Å². The van der Waals surface area contributed by atoms with Gasteiger partial charge in [0.05, 0.1) is 5.41 Å². The lowest BCUT2D eigenvalue weighted by Gasteiger charge is -2.20. The summed E-state index contributed by atoms with van der Waals surface area (Å²) >= 11 is 0. The van der Waals surface area contributed by atoms with Crippen molar-refractivity contribution in [3.05, 3.63) is 24.3 Å². The van der Waals surface area contributed by atoms with Gasteiger partial charge >= 0.3 is 11.9 Å². The number of hydrogen-bond donors (Lipinski definition) is 1. The van der Waals surface area contributed by atoms with Gasteiger partial charge in [-0.25, -0.2) is 0 Å². The standard InChI is InChI=1S/C20H31NO4/c1-7-20(5,6)18(23)24-16-12-10-15(11-13-16)21-14-8-9-17(22)25-19(2,3)4/h10-13,21H,7-9,14H2,1-6H3. The molecule has 0 aliphatic carbocycles. The number of anilines is 1. The molecule has 0 spiro atoms. The van der Waals surface area contributed by atoms with E-state index in [0.717, 1.165) is 12.1 Å². The van der Waals surface area contributed by atoms with Gasteiger partial charge < -0.3 is 14.8 Å². The highest BCUT2D eigenvalue weighted by Crippen LogP contribution is 2.24. The van der Waals surface area contributed by atoms with Crippen molar-refractivity contribution < 1.29 is 19.1 Å². The Morgan fingerprint density at radius 3 is 2.16 bits per heavy atom. The van der Waals surface area contributed by atoms with Gasteiger partial charge in [-0.05, 0) is 71.7 Å². The van der Waals surface area contributed by atoms with Crippen LogP contribution in [0.1, 0.15) is 60.8 Å². The summed E-state index contributed by atoms with van der Waals surface area (Å²) in [6, 6.07) is 7.24. The molecule has 140 valence electrons. The molecule has 25 heavy (non-hydrogen) atoms. The maximum atomic E-state index is 12.0. The van der Waals surface area contributed by atoms with Crippen LogP contribution in [0.15, 0.2) is 24.3 Å². The molecule has 0 aromatic heterocycles. The molecule has 0 saturated heterocycles. The fraction of sp³-hybridized carbons (Fsp3) is 0.600.